The van der Waals surface area contributed by atoms with Crippen LogP contribution in [0.4, 0.5) is 0 Å². The molecular weight excluding hydrogens is 366 g/mol. The average Bonchev–Trinajstić information content (AvgIpc) is 3.57. The first kappa shape index (κ1) is 19.8. The number of nitrogens with zero attached hydrogens (tertiary/aromatic N) is 1. The SMILES string of the molecule is c1cc(C2(N(C3CO3)C3CO3)CCCCCCCCCCC2)ccc1OC1CO1. The lowest BCUT2D eigenvalue weighted by Gasteiger charge is -2.44. The van der Waals surface area contributed by atoms with Gasteiger partial charge in [-0.2, -0.15) is 0 Å². The molecule has 3 heterocycles. The Labute approximate surface area is 174 Å². The molecule has 1 aliphatic carbocycles. The van der Waals surface area contributed by atoms with Crippen molar-refractivity contribution in [3.05, 3.63) is 29.8 Å². The minimum absolute atomic E-state index is 0.00383. The van der Waals surface area contributed by atoms with Crippen LogP contribution in [0.15, 0.2) is 24.3 Å². The van der Waals surface area contributed by atoms with Crippen LogP contribution < -0.4 is 4.74 Å². The van der Waals surface area contributed by atoms with Gasteiger partial charge in [-0.05, 0) is 30.5 Å². The number of ether oxygens (including phenoxy) is 4. The third kappa shape index (κ3) is 4.96. The average molecular weight is 402 g/mol. The summed E-state index contributed by atoms with van der Waals surface area (Å²) in [6, 6.07) is 8.80. The topological polar surface area (TPSA) is 50.1 Å². The zero-order valence-corrected chi connectivity index (χ0v) is 17.5. The molecule has 4 fully saturated rings. The number of benzene rings is 1. The Morgan fingerprint density at radius 2 is 1.17 bits per heavy atom. The van der Waals surface area contributed by atoms with Gasteiger partial charge in [0, 0.05) is 0 Å². The lowest BCUT2D eigenvalue weighted by atomic mass is 9.78. The van der Waals surface area contributed by atoms with Gasteiger partial charge >= 0.3 is 0 Å². The highest BCUT2D eigenvalue weighted by atomic mass is 16.8. The molecule has 5 nitrogen and oxygen atoms in total. The largest absolute Gasteiger partial charge is 0.462 e. The quantitative estimate of drug-likeness (QED) is 0.632. The minimum Gasteiger partial charge on any atom is -0.462 e. The minimum atomic E-state index is -0.0487. The normalized spacial score (nSPS) is 32.1. The van der Waals surface area contributed by atoms with Gasteiger partial charge in [0.25, 0.3) is 0 Å². The lowest BCUT2D eigenvalue weighted by molar-refractivity contribution is -0.0198. The molecule has 3 unspecified atom stereocenters. The Morgan fingerprint density at radius 3 is 1.62 bits per heavy atom. The second kappa shape index (κ2) is 8.93. The van der Waals surface area contributed by atoms with E-state index in [0.717, 1.165) is 19.0 Å². The fourth-order valence-corrected chi connectivity index (χ4v) is 5.14. The van der Waals surface area contributed by atoms with Crippen molar-refractivity contribution >= 4 is 0 Å². The van der Waals surface area contributed by atoms with Crippen molar-refractivity contribution in [3.63, 3.8) is 0 Å². The summed E-state index contributed by atoms with van der Waals surface area (Å²) in [5.74, 6) is 0.899. The molecule has 3 aliphatic heterocycles. The van der Waals surface area contributed by atoms with E-state index in [2.05, 4.69) is 29.2 Å². The number of rotatable bonds is 6. The van der Waals surface area contributed by atoms with Crippen LogP contribution in [0.5, 0.6) is 5.75 Å². The lowest BCUT2D eigenvalue weighted by Crippen LogP contribution is -2.50. The van der Waals surface area contributed by atoms with Crippen LogP contribution in [0.25, 0.3) is 0 Å². The van der Waals surface area contributed by atoms with E-state index in [1.165, 1.54) is 76.2 Å². The van der Waals surface area contributed by atoms with Gasteiger partial charge < -0.3 is 18.9 Å². The highest BCUT2D eigenvalue weighted by Gasteiger charge is 2.53. The van der Waals surface area contributed by atoms with Crippen LogP contribution in [-0.2, 0) is 19.7 Å². The van der Waals surface area contributed by atoms with Crippen LogP contribution in [0.3, 0.4) is 0 Å². The Kier molecular flexibility index (Phi) is 6.09. The molecule has 0 bridgehead atoms. The maximum atomic E-state index is 5.83. The molecule has 0 radical (unpaired) electrons. The van der Waals surface area contributed by atoms with E-state index >= 15 is 0 Å². The first-order valence-electron chi connectivity index (χ1n) is 11.8. The molecule has 29 heavy (non-hydrogen) atoms. The zero-order chi connectivity index (χ0) is 19.5. The molecular formula is C24H35NO4. The van der Waals surface area contributed by atoms with Crippen molar-refractivity contribution in [2.45, 2.75) is 94.9 Å². The molecule has 5 heteroatoms. The number of hydrogen-bond donors (Lipinski definition) is 0. The van der Waals surface area contributed by atoms with E-state index in [1.54, 1.807) is 0 Å². The maximum absolute atomic E-state index is 5.83. The molecule has 0 aromatic heterocycles. The standard InChI is InChI=1S/C24H35NO4/c1-2-4-6-8-14-24(15-9-7-5-3-1,25(21-16-26-21)22-17-27-22)19-10-12-20(13-11-19)29-23-18-28-23/h10-13,21-23H,1-9,14-18H2. The first-order valence-corrected chi connectivity index (χ1v) is 11.8. The highest BCUT2D eigenvalue weighted by molar-refractivity contribution is 5.33. The van der Waals surface area contributed by atoms with Crippen molar-refractivity contribution in [1.29, 1.82) is 0 Å². The van der Waals surface area contributed by atoms with Gasteiger partial charge in [-0.15, -0.1) is 0 Å². The maximum Gasteiger partial charge on any atom is 0.223 e. The molecule has 3 saturated heterocycles. The van der Waals surface area contributed by atoms with Crippen LogP contribution in [-0.4, -0.2) is 43.5 Å². The van der Waals surface area contributed by atoms with E-state index < -0.39 is 0 Å². The van der Waals surface area contributed by atoms with Crippen molar-refractivity contribution in [3.8, 4) is 5.75 Å². The molecule has 1 saturated carbocycles. The van der Waals surface area contributed by atoms with Crippen LogP contribution in [0, 0.1) is 0 Å². The molecule has 0 amide bonds. The van der Waals surface area contributed by atoms with Gasteiger partial charge in [-0.1, -0.05) is 69.9 Å². The molecule has 1 aromatic carbocycles. The Bertz CT molecular complexity index is 627. The fourth-order valence-electron chi connectivity index (χ4n) is 5.14. The molecule has 4 aliphatic rings. The molecule has 0 spiro atoms. The summed E-state index contributed by atoms with van der Waals surface area (Å²) < 4.78 is 22.7. The molecule has 0 N–H and O–H groups in total. The van der Waals surface area contributed by atoms with E-state index in [0.29, 0.717) is 6.61 Å². The van der Waals surface area contributed by atoms with Crippen molar-refractivity contribution in [2.24, 2.45) is 0 Å². The monoisotopic (exact) mass is 401 g/mol. The van der Waals surface area contributed by atoms with Gasteiger partial charge in [0.2, 0.25) is 6.29 Å². The summed E-state index contributed by atoms with van der Waals surface area (Å²) >= 11 is 0. The molecule has 160 valence electrons. The van der Waals surface area contributed by atoms with Crippen LogP contribution in [0.1, 0.15) is 76.2 Å². The smallest absolute Gasteiger partial charge is 0.223 e. The molecule has 5 rings (SSSR count). The van der Waals surface area contributed by atoms with Crippen molar-refractivity contribution in [2.75, 3.05) is 19.8 Å². The van der Waals surface area contributed by atoms with E-state index in [1.807, 2.05) is 0 Å². The summed E-state index contributed by atoms with van der Waals surface area (Å²) in [4.78, 5) is 2.58. The second-order valence-corrected chi connectivity index (χ2v) is 9.10. The Morgan fingerprint density at radius 1 is 0.690 bits per heavy atom. The van der Waals surface area contributed by atoms with Gasteiger partial charge in [0.15, 0.2) is 0 Å². The van der Waals surface area contributed by atoms with Crippen LogP contribution >= 0.6 is 0 Å². The second-order valence-electron chi connectivity index (χ2n) is 9.10. The van der Waals surface area contributed by atoms with Crippen LogP contribution in [0.2, 0.25) is 0 Å². The Hall–Kier alpha value is -1.14. The Balaban J connectivity index is 1.43. The summed E-state index contributed by atoms with van der Waals surface area (Å²) in [6.45, 7) is 2.38. The molecule has 3 atom stereocenters. The van der Waals surface area contributed by atoms with Gasteiger partial charge in [-0.25, -0.2) is 4.90 Å². The van der Waals surface area contributed by atoms with Gasteiger partial charge in [-0.3, -0.25) is 0 Å². The van der Waals surface area contributed by atoms with Gasteiger partial charge in [0.05, 0.1) is 18.8 Å². The van der Waals surface area contributed by atoms with E-state index in [9.17, 15) is 0 Å². The van der Waals surface area contributed by atoms with E-state index in [4.69, 9.17) is 18.9 Å². The van der Waals surface area contributed by atoms with E-state index in [-0.39, 0.29) is 24.3 Å². The summed E-state index contributed by atoms with van der Waals surface area (Å²) in [6.07, 6.45) is 14.9. The summed E-state index contributed by atoms with van der Waals surface area (Å²) in [7, 11) is 0. The zero-order valence-electron chi connectivity index (χ0n) is 17.5. The highest BCUT2D eigenvalue weighted by Crippen LogP contribution is 2.47. The number of hydrogen-bond acceptors (Lipinski definition) is 5. The third-order valence-electron chi connectivity index (χ3n) is 6.89. The summed E-state index contributed by atoms with van der Waals surface area (Å²) in [5.41, 5.74) is 1.39. The molecule has 1 aromatic rings. The number of epoxide rings is 3. The fraction of sp³-hybridized carbons (Fsp3) is 0.750. The summed E-state index contributed by atoms with van der Waals surface area (Å²) in [5, 5.41) is 0. The van der Waals surface area contributed by atoms with Crippen molar-refractivity contribution in [1.82, 2.24) is 4.90 Å². The predicted molar refractivity (Wildman–Crippen MR) is 111 cm³/mol. The first-order chi connectivity index (χ1) is 14.4. The third-order valence-corrected chi connectivity index (χ3v) is 6.89. The van der Waals surface area contributed by atoms with Crippen molar-refractivity contribution < 1.29 is 18.9 Å². The van der Waals surface area contributed by atoms with Gasteiger partial charge in [0.1, 0.15) is 24.8 Å². The predicted octanol–water partition coefficient (Wildman–Crippen LogP) is 4.94.